The van der Waals surface area contributed by atoms with Crippen molar-refractivity contribution in [2.45, 2.75) is 6.54 Å². The standard InChI is InChI=1S/C15H16N2O4/c1-20-13-6-7-14(15(9-13)21-2)16-10-11-4-3-5-12(8-11)17(18)19/h3-9,16H,10H2,1-2H3. The predicted octanol–water partition coefficient (Wildman–Crippen LogP) is 3.22. The first-order chi connectivity index (χ1) is 10.1. The van der Waals surface area contributed by atoms with Crippen molar-refractivity contribution in [3.05, 3.63) is 58.1 Å². The SMILES string of the molecule is COc1ccc(NCc2cccc([N+](=O)[O-])c2)c(OC)c1. The first kappa shape index (κ1) is 14.6. The molecule has 2 rings (SSSR count). The van der Waals surface area contributed by atoms with E-state index in [1.807, 2.05) is 18.2 Å². The van der Waals surface area contributed by atoms with Gasteiger partial charge in [0.25, 0.3) is 5.69 Å². The van der Waals surface area contributed by atoms with Gasteiger partial charge in [0.2, 0.25) is 0 Å². The van der Waals surface area contributed by atoms with Gasteiger partial charge in [-0.1, -0.05) is 12.1 Å². The average Bonchev–Trinajstić information content (AvgIpc) is 2.53. The van der Waals surface area contributed by atoms with E-state index in [1.54, 1.807) is 32.4 Å². The van der Waals surface area contributed by atoms with E-state index in [0.29, 0.717) is 18.0 Å². The molecule has 2 aromatic carbocycles. The Kier molecular flexibility index (Phi) is 4.61. The zero-order valence-corrected chi connectivity index (χ0v) is 11.8. The van der Waals surface area contributed by atoms with Crippen LogP contribution in [0.2, 0.25) is 0 Å². The van der Waals surface area contributed by atoms with Crippen LogP contribution in [0.25, 0.3) is 0 Å². The molecule has 21 heavy (non-hydrogen) atoms. The van der Waals surface area contributed by atoms with Gasteiger partial charge in [-0.15, -0.1) is 0 Å². The lowest BCUT2D eigenvalue weighted by atomic mass is 10.2. The lowest BCUT2D eigenvalue weighted by Gasteiger charge is -2.12. The van der Waals surface area contributed by atoms with Crippen LogP contribution in [0.3, 0.4) is 0 Å². The van der Waals surface area contributed by atoms with Crippen molar-refractivity contribution >= 4 is 11.4 Å². The van der Waals surface area contributed by atoms with Crippen molar-refractivity contribution in [2.24, 2.45) is 0 Å². The summed E-state index contributed by atoms with van der Waals surface area (Å²) >= 11 is 0. The summed E-state index contributed by atoms with van der Waals surface area (Å²) in [5, 5.41) is 13.9. The Morgan fingerprint density at radius 3 is 2.62 bits per heavy atom. The number of hydrogen-bond acceptors (Lipinski definition) is 5. The van der Waals surface area contributed by atoms with Gasteiger partial charge >= 0.3 is 0 Å². The van der Waals surface area contributed by atoms with Crippen LogP contribution in [0.4, 0.5) is 11.4 Å². The van der Waals surface area contributed by atoms with Gasteiger partial charge in [-0.05, 0) is 17.7 Å². The normalized spacial score (nSPS) is 10.0. The monoisotopic (exact) mass is 288 g/mol. The Hall–Kier alpha value is -2.76. The van der Waals surface area contributed by atoms with E-state index in [9.17, 15) is 10.1 Å². The number of nitrogens with one attached hydrogen (secondary N) is 1. The number of nitrogens with zero attached hydrogens (tertiary/aromatic N) is 1. The quantitative estimate of drug-likeness (QED) is 0.652. The van der Waals surface area contributed by atoms with E-state index < -0.39 is 4.92 Å². The zero-order chi connectivity index (χ0) is 15.2. The first-order valence-electron chi connectivity index (χ1n) is 6.33. The summed E-state index contributed by atoms with van der Waals surface area (Å²) in [6.45, 7) is 0.463. The van der Waals surface area contributed by atoms with E-state index in [4.69, 9.17) is 9.47 Å². The summed E-state index contributed by atoms with van der Waals surface area (Å²) in [4.78, 5) is 10.3. The van der Waals surface area contributed by atoms with Crippen LogP contribution in [0.15, 0.2) is 42.5 Å². The van der Waals surface area contributed by atoms with Crippen LogP contribution >= 0.6 is 0 Å². The molecule has 0 heterocycles. The second kappa shape index (κ2) is 6.60. The zero-order valence-electron chi connectivity index (χ0n) is 11.8. The van der Waals surface area contributed by atoms with Crippen molar-refractivity contribution in [1.29, 1.82) is 0 Å². The van der Waals surface area contributed by atoms with E-state index in [0.717, 1.165) is 11.3 Å². The molecule has 0 spiro atoms. The molecular weight excluding hydrogens is 272 g/mol. The summed E-state index contributed by atoms with van der Waals surface area (Å²) < 4.78 is 10.4. The second-order valence-electron chi connectivity index (χ2n) is 4.35. The molecule has 0 bridgehead atoms. The fourth-order valence-electron chi connectivity index (χ4n) is 1.92. The molecule has 0 atom stereocenters. The maximum atomic E-state index is 10.7. The number of hydrogen-bond donors (Lipinski definition) is 1. The molecule has 110 valence electrons. The molecule has 0 saturated heterocycles. The maximum absolute atomic E-state index is 10.7. The highest BCUT2D eigenvalue weighted by Crippen LogP contribution is 2.29. The number of ether oxygens (including phenoxy) is 2. The molecule has 0 amide bonds. The molecular formula is C15H16N2O4. The highest BCUT2D eigenvalue weighted by molar-refractivity contribution is 5.59. The largest absolute Gasteiger partial charge is 0.497 e. The van der Waals surface area contributed by atoms with Crippen molar-refractivity contribution in [3.63, 3.8) is 0 Å². The number of non-ortho nitro benzene ring substituents is 1. The number of benzene rings is 2. The summed E-state index contributed by atoms with van der Waals surface area (Å²) in [6, 6.07) is 11.9. The Bertz CT molecular complexity index is 643. The topological polar surface area (TPSA) is 73.6 Å². The Morgan fingerprint density at radius 1 is 1.14 bits per heavy atom. The van der Waals surface area contributed by atoms with Crippen molar-refractivity contribution in [1.82, 2.24) is 0 Å². The number of methoxy groups -OCH3 is 2. The molecule has 2 aromatic rings. The molecule has 0 saturated carbocycles. The fraction of sp³-hybridized carbons (Fsp3) is 0.200. The van der Waals surface area contributed by atoms with Gasteiger partial charge in [0.1, 0.15) is 11.5 Å². The minimum absolute atomic E-state index is 0.0796. The van der Waals surface area contributed by atoms with Gasteiger partial charge in [-0.3, -0.25) is 10.1 Å². The summed E-state index contributed by atoms with van der Waals surface area (Å²) in [7, 11) is 3.16. The molecule has 0 aromatic heterocycles. The van der Waals surface area contributed by atoms with Crippen LogP contribution in [0.5, 0.6) is 11.5 Å². The van der Waals surface area contributed by atoms with E-state index in [-0.39, 0.29) is 5.69 Å². The molecule has 0 aliphatic rings. The lowest BCUT2D eigenvalue weighted by molar-refractivity contribution is -0.384. The summed E-state index contributed by atoms with van der Waals surface area (Å²) in [5.41, 5.74) is 1.70. The number of nitro benzene ring substituents is 1. The van der Waals surface area contributed by atoms with Crippen LogP contribution in [-0.4, -0.2) is 19.1 Å². The molecule has 0 radical (unpaired) electrons. The first-order valence-corrected chi connectivity index (χ1v) is 6.33. The van der Waals surface area contributed by atoms with Gasteiger partial charge < -0.3 is 14.8 Å². The minimum Gasteiger partial charge on any atom is -0.497 e. The van der Waals surface area contributed by atoms with E-state index in [2.05, 4.69) is 5.32 Å². The van der Waals surface area contributed by atoms with E-state index >= 15 is 0 Å². The fourth-order valence-corrected chi connectivity index (χ4v) is 1.92. The molecule has 6 nitrogen and oxygen atoms in total. The van der Waals surface area contributed by atoms with Gasteiger partial charge in [0.05, 0.1) is 24.8 Å². The molecule has 1 N–H and O–H groups in total. The van der Waals surface area contributed by atoms with Crippen LogP contribution < -0.4 is 14.8 Å². The van der Waals surface area contributed by atoms with Crippen LogP contribution in [0, 0.1) is 10.1 Å². The second-order valence-corrected chi connectivity index (χ2v) is 4.35. The lowest BCUT2D eigenvalue weighted by Crippen LogP contribution is -2.02. The van der Waals surface area contributed by atoms with Crippen molar-refractivity contribution < 1.29 is 14.4 Å². The number of nitro groups is 1. The van der Waals surface area contributed by atoms with Gasteiger partial charge in [-0.25, -0.2) is 0 Å². The van der Waals surface area contributed by atoms with Gasteiger partial charge in [0, 0.05) is 24.7 Å². The average molecular weight is 288 g/mol. The third-order valence-corrected chi connectivity index (χ3v) is 3.01. The molecule has 0 fully saturated rings. The number of rotatable bonds is 6. The minimum atomic E-state index is -0.405. The summed E-state index contributed by atoms with van der Waals surface area (Å²) in [6.07, 6.45) is 0. The smallest absolute Gasteiger partial charge is 0.269 e. The van der Waals surface area contributed by atoms with Gasteiger partial charge in [-0.2, -0.15) is 0 Å². The maximum Gasteiger partial charge on any atom is 0.269 e. The van der Waals surface area contributed by atoms with Crippen LogP contribution in [0.1, 0.15) is 5.56 Å². The highest BCUT2D eigenvalue weighted by Gasteiger charge is 2.07. The Morgan fingerprint density at radius 2 is 1.95 bits per heavy atom. The van der Waals surface area contributed by atoms with Gasteiger partial charge in [0.15, 0.2) is 0 Å². The Labute approximate surface area is 122 Å². The molecule has 0 unspecified atom stereocenters. The highest BCUT2D eigenvalue weighted by atomic mass is 16.6. The number of anilines is 1. The third-order valence-electron chi connectivity index (χ3n) is 3.01. The molecule has 0 aliphatic carbocycles. The molecule has 6 heteroatoms. The van der Waals surface area contributed by atoms with Crippen molar-refractivity contribution in [2.75, 3.05) is 19.5 Å². The molecule has 0 aliphatic heterocycles. The summed E-state index contributed by atoms with van der Waals surface area (Å²) in [5.74, 6) is 1.35. The Balaban J connectivity index is 2.12. The predicted molar refractivity (Wildman–Crippen MR) is 80.0 cm³/mol. The third kappa shape index (κ3) is 3.62. The van der Waals surface area contributed by atoms with E-state index in [1.165, 1.54) is 6.07 Å². The van der Waals surface area contributed by atoms with Crippen molar-refractivity contribution in [3.8, 4) is 11.5 Å². The van der Waals surface area contributed by atoms with Crippen LogP contribution in [-0.2, 0) is 6.54 Å².